The van der Waals surface area contributed by atoms with Crippen LogP contribution < -0.4 is 60.2 Å². The summed E-state index contributed by atoms with van der Waals surface area (Å²) in [6.07, 6.45) is -5.83. The summed E-state index contributed by atoms with van der Waals surface area (Å²) in [5.74, 6) is -17.3. The highest BCUT2D eigenvalue weighted by Crippen LogP contribution is 2.21. The molecule has 0 aromatic heterocycles. The fraction of sp³-hybridized carbons (Fsp3) is 0.385. The van der Waals surface area contributed by atoms with Crippen molar-refractivity contribution in [1.82, 2.24) is 42.1 Å². The van der Waals surface area contributed by atoms with Crippen molar-refractivity contribution in [3.8, 4) is 5.75 Å². The minimum absolute atomic E-state index is 0.0478. The minimum atomic E-state index is -2.15. The second kappa shape index (κ2) is 30.8. The maximum Gasteiger partial charge on any atom is 0.326 e. The van der Waals surface area contributed by atoms with E-state index < -0.39 is 176 Å². The van der Waals surface area contributed by atoms with Crippen LogP contribution >= 0.6 is 0 Å². The normalized spacial score (nSPS) is 15.2. The van der Waals surface area contributed by atoms with Crippen molar-refractivity contribution in [2.45, 2.75) is 119 Å². The topological polar surface area (TPSA) is 511 Å². The maximum atomic E-state index is 14.4. The summed E-state index contributed by atoms with van der Waals surface area (Å²) in [5.41, 5.74) is 23.2. The average molecular weight is 1150 g/mol. The van der Waals surface area contributed by atoms with Crippen LogP contribution in [0.15, 0.2) is 78.9 Å². The number of primary amides is 3. The summed E-state index contributed by atoms with van der Waals surface area (Å²) in [7, 11) is 0. The molecule has 0 radical (unpaired) electrons. The Hall–Kier alpha value is -10.2. The number of anilines is 1. The van der Waals surface area contributed by atoms with Gasteiger partial charge in [0, 0.05) is 37.9 Å². The van der Waals surface area contributed by atoms with Crippen LogP contribution in [0.5, 0.6) is 5.75 Å². The number of amides is 11. The number of hydrogen-bond acceptors (Lipinski definition) is 16. The summed E-state index contributed by atoms with van der Waals surface area (Å²) in [5, 5.41) is 54.4. The van der Waals surface area contributed by atoms with Crippen LogP contribution in [0, 0.1) is 0 Å². The first kappa shape index (κ1) is 64.4. The van der Waals surface area contributed by atoms with Gasteiger partial charge in [0.05, 0.1) is 24.8 Å². The summed E-state index contributed by atoms with van der Waals surface area (Å²) < 4.78 is 0. The average Bonchev–Trinajstić information content (AvgIpc) is 4.05. The highest BCUT2D eigenvalue weighted by Gasteiger charge is 2.41. The highest BCUT2D eigenvalue weighted by molar-refractivity contribution is 6.03. The zero-order valence-electron chi connectivity index (χ0n) is 43.9. The third-order valence-corrected chi connectivity index (χ3v) is 12.6. The molecule has 30 nitrogen and oxygen atoms in total. The first-order chi connectivity index (χ1) is 38.7. The zero-order valence-corrected chi connectivity index (χ0v) is 43.9. The molecule has 11 amide bonds. The predicted molar refractivity (Wildman–Crippen MR) is 283 cm³/mol. The molecule has 3 aromatic rings. The largest absolute Gasteiger partial charge is 0.508 e. The molecule has 3 aromatic carbocycles. The van der Waals surface area contributed by atoms with Crippen molar-refractivity contribution in [3.63, 3.8) is 0 Å². The molecule has 1 heterocycles. The molecular weight excluding hydrogens is 1080 g/mol. The Kier molecular flexibility index (Phi) is 24.2. The molecule has 30 heteroatoms. The highest BCUT2D eigenvalue weighted by atomic mass is 16.4. The van der Waals surface area contributed by atoms with E-state index in [1.807, 2.05) is 5.32 Å². The van der Waals surface area contributed by atoms with E-state index in [-0.39, 0.29) is 54.8 Å². The molecule has 0 aliphatic carbocycles. The number of phenolic OH excluding ortho intramolecular Hbond substituents is 1. The first-order valence-corrected chi connectivity index (χ1v) is 25.3. The zero-order chi connectivity index (χ0) is 60.8. The third kappa shape index (κ3) is 20.6. The Morgan fingerprint density at radius 3 is 1.50 bits per heavy atom. The van der Waals surface area contributed by atoms with Crippen LogP contribution in [0.2, 0.25) is 0 Å². The fourth-order valence-electron chi connectivity index (χ4n) is 8.48. The number of nitrogens with zero attached hydrogens (tertiary/aromatic N) is 1. The van der Waals surface area contributed by atoms with E-state index in [0.717, 1.165) is 4.90 Å². The van der Waals surface area contributed by atoms with Crippen LogP contribution in [0.3, 0.4) is 0 Å². The van der Waals surface area contributed by atoms with Gasteiger partial charge in [-0.1, -0.05) is 54.6 Å². The lowest BCUT2D eigenvalue weighted by atomic mass is 10.0. The fourth-order valence-corrected chi connectivity index (χ4v) is 8.48. The van der Waals surface area contributed by atoms with Crippen molar-refractivity contribution in [2.75, 3.05) is 12.3 Å². The van der Waals surface area contributed by atoms with E-state index in [9.17, 15) is 87.5 Å². The molecule has 19 N–H and O–H groups in total. The number of phenols is 1. The molecule has 0 bridgehead atoms. The number of carbonyl (C=O) groups excluding carboxylic acids is 11. The second-order valence-electron chi connectivity index (χ2n) is 18.9. The van der Waals surface area contributed by atoms with E-state index in [4.69, 9.17) is 22.9 Å². The number of rotatable bonds is 32. The minimum Gasteiger partial charge on any atom is -0.508 e. The van der Waals surface area contributed by atoms with E-state index >= 15 is 0 Å². The van der Waals surface area contributed by atoms with Crippen molar-refractivity contribution in [2.24, 2.45) is 17.2 Å². The monoisotopic (exact) mass is 1140 g/mol. The van der Waals surface area contributed by atoms with Crippen LogP contribution in [0.25, 0.3) is 0 Å². The van der Waals surface area contributed by atoms with E-state index in [2.05, 4.69) is 31.9 Å². The Labute approximate surface area is 466 Å². The van der Waals surface area contributed by atoms with Crippen LogP contribution in [-0.4, -0.2) is 163 Å². The molecule has 4 rings (SSSR count). The van der Waals surface area contributed by atoms with Gasteiger partial charge < -0.3 is 85.5 Å². The summed E-state index contributed by atoms with van der Waals surface area (Å²) >= 11 is 0. The molecular formula is C52H64N12O18. The number of nitrogens with one attached hydrogen (secondary N) is 7. The number of nitrogen functional groups attached to an aromatic ring is 1. The predicted octanol–water partition coefficient (Wildman–Crippen LogP) is -4.10. The number of aliphatic carboxylic acids is 3. The third-order valence-electron chi connectivity index (χ3n) is 12.6. The number of carboxylic acids is 3. The quantitative estimate of drug-likeness (QED) is 0.0264. The molecule has 1 fully saturated rings. The van der Waals surface area contributed by atoms with Gasteiger partial charge in [-0.2, -0.15) is 0 Å². The number of carboxylic acid groups (broad SMARTS) is 3. The second-order valence-corrected chi connectivity index (χ2v) is 18.9. The van der Waals surface area contributed by atoms with Gasteiger partial charge in [0.2, 0.25) is 59.1 Å². The maximum absolute atomic E-state index is 14.4. The number of hydrogen-bond donors (Lipinski definition) is 15. The lowest BCUT2D eigenvalue weighted by Gasteiger charge is -2.31. The van der Waals surface area contributed by atoms with Crippen LogP contribution in [-0.2, 0) is 75.2 Å². The lowest BCUT2D eigenvalue weighted by molar-refractivity contribution is -0.147. The van der Waals surface area contributed by atoms with Crippen LogP contribution in [0.1, 0.15) is 79.3 Å². The van der Waals surface area contributed by atoms with Gasteiger partial charge in [-0.15, -0.1) is 0 Å². The lowest BCUT2D eigenvalue weighted by Crippen LogP contribution is -2.60. The molecule has 0 unspecified atom stereocenters. The van der Waals surface area contributed by atoms with Gasteiger partial charge in [0.15, 0.2) is 0 Å². The van der Waals surface area contributed by atoms with Crippen molar-refractivity contribution >= 4 is 88.6 Å². The number of likely N-dealkylation sites (tertiary alicyclic amines) is 1. The molecule has 440 valence electrons. The van der Waals surface area contributed by atoms with Gasteiger partial charge in [-0.05, 0) is 61.1 Å². The SMILES string of the molecule is NC(=O)CC[C@H](NC(=O)[C@H](CC(=O)O)NC(=O)[C@H](CC(N)=O)NC(=O)[C@@H]1CCCN1C(=O)[C@H](CCC(N)=O)NC(=O)[C@H](Cc1ccccc1)NC(=O)c1ccccc1N)C(=O)N[C@@H](Cc1ccc(O)cc1)C(=O)N[C@@H](CC(=O)O)C(=O)O. The van der Waals surface area contributed by atoms with Crippen molar-refractivity contribution in [1.29, 1.82) is 0 Å². The Bertz CT molecular complexity index is 2890. The van der Waals surface area contributed by atoms with Gasteiger partial charge in [-0.3, -0.25) is 62.3 Å². The smallest absolute Gasteiger partial charge is 0.326 e. The molecule has 0 saturated carbocycles. The summed E-state index contributed by atoms with van der Waals surface area (Å²) in [4.78, 5) is 184. The van der Waals surface area contributed by atoms with Crippen molar-refractivity contribution in [3.05, 3.63) is 95.6 Å². The molecule has 1 aliphatic heterocycles. The number of aromatic hydroxyl groups is 1. The van der Waals surface area contributed by atoms with Gasteiger partial charge >= 0.3 is 17.9 Å². The Morgan fingerprint density at radius 1 is 0.500 bits per heavy atom. The Morgan fingerprint density at radius 2 is 0.951 bits per heavy atom. The van der Waals surface area contributed by atoms with Crippen LogP contribution in [0.4, 0.5) is 5.69 Å². The molecule has 8 atom stereocenters. The number of para-hydroxylation sites is 1. The number of benzene rings is 3. The summed E-state index contributed by atoms with van der Waals surface area (Å²) in [6.45, 7) is -0.120. The number of nitrogens with two attached hydrogens (primary N) is 4. The molecule has 1 aliphatic rings. The standard InChI is InChI=1S/C52H64N12O18/c53-30-10-5-4-9-29(30)44(73)59-33(21-26-7-2-1-3-8-26)46(75)58-32(17-19-40(55)67)51(80)64-20-6-11-38(64)50(79)62-35(23-41(56)68)48(77)61-36(24-42(69)70)49(78)57-31(16-18-39(54)66)45(74)60-34(22-27-12-14-28(65)15-13-27)47(76)63-37(52(81)82)25-43(71)72/h1-5,7-10,12-15,31-38,65H,6,11,16-25,53H2,(H2,54,66)(H2,55,67)(H2,56,68)(H,57,78)(H,58,75)(H,59,73)(H,60,74)(H,61,77)(H,62,79)(H,63,76)(H,69,70)(H,71,72)(H,81,82)/t31-,32-,33-,34-,35-,36-,37-,38-/m0/s1. The van der Waals surface area contributed by atoms with E-state index in [1.54, 1.807) is 42.5 Å². The van der Waals surface area contributed by atoms with E-state index in [1.165, 1.54) is 36.4 Å². The van der Waals surface area contributed by atoms with Gasteiger partial charge in [-0.25, -0.2) is 4.79 Å². The Balaban J connectivity index is 1.57. The number of carbonyl (C=O) groups is 14. The van der Waals surface area contributed by atoms with Gasteiger partial charge in [0.25, 0.3) is 5.91 Å². The first-order valence-electron chi connectivity index (χ1n) is 25.3. The van der Waals surface area contributed by atoms with Gasteiger partial charge in [0.1, 0.15) is 54.1 Å². The molecule has 82 heavy (non-hydrogen) atoms. The molecule has 1 saturated heterocycles. The molecule has 0 spiro atoms. The summed E-state index contributed by atoms with van der Waals surface area (Å²) in [6, 6.07) is 5.52. The van der Waals surface area contributed by atoms with E-state index in [0.29, 0.717) is 5.56 Å². The van der Waals surface area contributed by atoms with Crippen molar-refractivity contribution < 1.29 is 87.5 Å².